The van der Waals surface area contributed by atoms with E-state index in [0.29, 0.717) is 24.6 Å². The molecule has 5 nitrogen and oxygen atoms in total. The predicted molar refractivity (Wildman–Crippen MR) is 112 cm³/mol. The van der Waals surface area contributed by atoms with Crippen molar-refractivity contribution < 1.29 is 9.18 Å². The van der Waals surface area contributed by atoms with Crippen LogP contribution in [0.4, 0.5) is 4.39 Å². The van der Waals surface area contributed by atoms with Crippen LogP contribution in [-0.2, 0) is 4.79 Å². The molecule has 0 saturated heterocycles. The molecule has 1 rings (SSSR count). The van der Waals surface area contributed by atoms with Crippen LogP contribution in [0, 0.1) is 18.2 Å². The molecule has 1 aromatic rings. The van der Waals surface area contributed by atoms with E-state index in [1.54, 1.807) is 20.0 Å². The lowest BCUT2D eigenvalue weighted by Gasteiger charge is -2.22. The van der Waals surface area contributed by atoms with Gasteiger partial charge in [-0.3, -0.25) is 9.79 Å². The molecule has 0 aliphatic heterocycles. The largest absolute Gasteiger partial charge is 0.359 e. The Labute approximate surface area is 167 Å². The van der Waals surface area contributed by atoms with Gasteiger partial charge in [0.1, 0.15) is 5.82 Å². The number of rotatable bonds is 6. The highest BCUT2D eigenvalue weighted by Crippen LogP contribution is 2.17. The Morgan fingerprint density at radius 3 is 2.52 bits per heavy atom. The highest BCUT2D eigenvalue weighted by molar-refractivity contribution is 14.0. The number of hydrogen-bond acceptors (Lipinski definition) is 2. The van der Waals surface area contributed by atoms with Crippen LogP contribution in [0.25, 0.3) is 0 Å². The molecule has 0 bridgehead atoms. The number of guanidine groups is 1. The van der Waals surface area contributed by atoms with Crippen molar-refractivity contribution in [3.8, 4) is 0 Å². The number of nitrogens with one attached hydrogen (secondary N) is 3. The summed E-state index contributed by atoms with van der Waals surface area (Å²) < 4.78 is 13.7. The standard InChI is InChI=1S/C18H29FN4O.HI/c1-7-21-17(22-11-18(4,5)16(24)20-6)23-13(3)14-9-8-12(2)15(19)10-14;/h8-10,13H,7,11H2,1-6H3,(H,20,24)(H2,21,22,23);1H. The van der Waals surface area contributed by atoms with E-state index in [1.807, 2.05) is 33.8 Å². The van der Waals surface area contributed by atoms with E-state index in [-0.39, 0.29) is 41.7 Å². The van der Waals surface area contributed by atoms with E-state index in [9.17, 15) is 9.18 Å². The SMILES string of the molecule is CCNC(=NCC(C)(C)C(=O)NC)NC(C)c1ccc(C)c(F)c1.I. The van der Waals surface area contributed by atoms with Crippen LogP contribution >= 0.6 is 24.0 Å². The average molecular weight is 464 g/mol. The second-order valence-electron chi connectivity index (χ2n) is 6.53. The monoisotopic (exact) mass is 464 g/mol. The number of halogens is 2. The van der Waals surface area contributed by atoms with Crippen LogP contribution in [0.15, 0.2) is 23.2 Å². The summed E-state index contributed by atoms with van der Waals surface area (Å²) in [7, 11) is 1.62. The third kappa shape index (κ3) is 7.17. The van der Waals surface area contributed by atoms with E-state index >= 15 is 0 Å². The van der Waals surface area contributed by atoms with Crippen molar-refractivity contribution in [3.05, 3.63) is 35.1 Å². The summed E-state index contributed by atoms with van der Waals surface area (Å²) in [6.07, 6.45) is 0. The fourth-order valence-electron chi connectivity index (χ4n) is 2.17. The van der Waals surface area contributed by atoms with Crippen LogP contribution in [0.3, 0.4) is 0 Å². The minimum absolute atomic E-state index is 0. The molecule has 7 heteroatoms. The number of carbonyl (C=O) groups excluding carboxylic acids is 1. The highest BCUT2D eigenvalue weighted by atomic mass is 127. The molecule has 25 heavy (non-hydrogen) atoms. The molecule has 0 heterocycles. The zero-order valence-corrected chi connectivity index (χ0v) is 18.2. The molecule has 1 unspecified atom stereocenters. The van der Waals surface area contributed by atoms with E-state index < -0.39 is 5.41 Å². The van der Waals surface area contributed by atoms with Gasteiger partial charge in [0.15, 0.2) is 5.96 Å². The summed E-state index contributed by atoms with van der Waals surface area (Å²) in [6, 6.07) is 5.09. The molecule has 0 aromatic heterocycles. The Morgan fingerprint density at radius 2 is 2.00 bits per heavy atom. The normalized spacial score (nSPS) is 12.8. The topological polar surface area (TPSA) is 65.5 Å². The van der Waals surface area contributed by atoms with E-state index in [1.165, 1.54) is 6.07 Å². The van der Waals surface area contributed by atoms with Gasteiger partial charge in [-0.15, -0.1) is 24.0 Å². The van der Waals surface area contributed by atoms with E-state index in [0.717, 1.165) is 5.56 Å². The van der Waals surface area contributed by atoms with Crippen molar-refractivity contribution in [2.45, 2.75) is 40.7 Å². The maximum absolute atomic E-state index is 13.7. The molecule has 0 spiro atoms. The molecular formula is C18H30FIN4O. The van der Waals surface area contributed by atoms with Gasteiger partial charge in [0.05, 0.1) is 18.0 Å². The molecule has 0 fully saturated rings. The van der Waals surface area contributed by atoms with E-state index in [4.69, 9.17) is 0 Å². The molecule has 1 aromatic carbocycles. The summed E-state index contributed by atoms with van der Waals surface area (Å²) in [6.45, 7) is 10.4. The number of aryl methyl sites for hydroxylation is 1. The Bertz CT molecular complexity index is 605. The van der Waals surface area contributed by atoms with Gasteiger partial charge in [0.2, 0.25) is 5.91 Å². The molecule has 0 aliphatic carbocycles. The fraction of sp³-hybridized carbons (Fsp3) is 0.556. The maximum atomic E-state index is 13.7. The lowest BCUT2D eigenvalue weighted by atomic mass is 9.93. The van der Waals surface area contributed by atoms with Crippen LogP contribution in [0.2, 0.25) is 0 Å². The maximum Gasteiger partial charge on any atom is 0.227 e. The molecule has 3 N–H and O–H groups in total. The smallest absolute Gasteiger partial charge is 0.227 e. The summed E-state index contributed by atoms with van der Waals surface area (Å²) in [5.74, 6) is 0.322. The van der Waals surface area contributed by atoms with Crippen molar-refractivity contribution in [1.82, 2.24) is 16.0 Å². The zero-order chi connectivity index (χ0) is 18.3. The van der Waals surface area contributed by atoms with Crippen LogP contribution in [-0.4, -0.2) is 32.0 Å². The number of amides is 1. The van der Waals surface area contributed by atoms with Crippen LogP contribution in [0.1, 0.15) is 44.9 Å². The number of aliphatic imine (C=N–C) groups is 1. The second-order valence-corrected chi connectivity index (χ2v) is 6.53. The molecule has 142 valence electrons. The third-order valence-corrected chi connectivity index (χ3v) is 3.87. The Hall–Kier alpha value is -1.38. The third-order valence-electron chi connectivity index (χ3n) is 3.87. The highest BCUT2D eigenvalue weighted by Gasteiger charge is 2.26. The Kier molecular flexibility index (Phi) is 9.99. The molecule has 0 aliphatic rings. The number of benzene rings is 1. The first-order chi connectivity index (χ1) is 11.2. The van der Waals surface area contributed by atoms with E-state index in [2.05, 4.69) is 20.9 Å². The van der Waals surface area contributed by atoms with Crippen LogP contribution < -0.4 is 16.0 Å². The zero-order valence-electron chi connectivity index (χ0n) is 15.9. The second kappa shape index (κ2) is 10.6. The minimum Gasteiger partial charge on any atom is -0.359 e. The summed E-state index contributed by atoms with van der Waals surface area (Å²) in [4.78, 5) is 16.4. The van der Waals surface area contributed by atoms with Crippen LogP contribution in [0.5, 0.6) is 0 Å². The van der Waals surface area contributed by atoms with Gasteiger partial charge < -0.3 is 16.0 Å². The Balaban J connectivity index is 0.00000576. The number of nitrogens with zero attached hydrogens (tertiary/aromatic N) is 1. The summed E-state index contributed by atoms with van der Waals surface area (Å²) >= 11 is 0. The fourth-order valence-corrected chi connectivity index (χ4v) is 2.17. The van der Waals surface area contributed by atoms with Gasteiger partial charge in [-0.2, -0.15) is 0 Å². The Morgan fingerprint density at radius 1 is 1.36 bits per heavy atom. The first-order valence-electron chi connectivity index (χ1n) is 8.24. The van der Waals surface area contributed by atoms with Crippen molar-refractivity contribution in [1.29, 1.82) is 0 Å². The summed E-state index contributed by atoms with van der Waals surface area (Å²) in [5.41, 5.74) is 0.865. The minimum atomic E-state index is -0.601. The molecule has 0 saturated carbocycles. The molecular weight excluding hydrogens is 434 g/mol. The first kappa shape index (κ1) is 23.6. The quantitative estimate of drug-likeness (QED) is 0.345. The number of carbonyl (C=O) groups is 1. The van der Waals surface area contributed by atoms with Gasteiger partial charge in [0, 0.05) is 13.6 Å². The van der Waals surface area contributed by atoms with Crippen molar-refractivity contribution >= 4 is 35.8 Å². The predicted octanol–water partition coefficient (Wildman–Crippen LogP) is 3.14. The molecule has 0 radical (unpaired) electrons. The lowest BCUT2D eigenvalue weighted by molar-refractivity contribution is -0.128. The number of hydrogen-bond donors (Lipinski definition) is 3. The van der Waals surface area contributed by atoms with Gasteiger partial charge >= 0.3 is 0 Å². The average Bonchev–Trinajstić information content (AvgIpc) is 2.54. The van der Waals surface area contributed by atoms with Gasteiger partial charge in [0.25, 0.3) is 0 Å². The van der Waals surface area contributed by atoms with Crippen molar-refractivity contribution in [3.63, 3.8) is 0 Å². The van der Waals surface area contributed by atoms with Gasteiger partial charge in [-0.05, 0) is 51.8 Å². The molecule has 1 atom stereocenters. The molecule has 1 amide bonds. The summed E-state index contributed by atoms with van der Waals surface area (Å²) in [5, 5.41) is 9.05. The van der Waals surface area contributed by atoms with Gasteiger partial charge in [-0.1, -0.05) is 12.1 Å². The van der Waals surface area contributed by atoms with Crippen molar-refractivity contribution in [2.75, 3.05) is 20.1 Å². The van der Waals surface area contributed by atoms with Crippen molar-refractivity contribution in [2.24, 2.45) is 10.4 Å². The van der Waals surface area contributed by atoms with Gasteiger partial charge in [-0.25, -0.2) is 4.39 Å². The lowest BCUT2D eigenvalue weighted by Crippen LogP contribution is -2.41. The first-order valence-corrected chi connectivity index (χ1v) is 8.24.